The van der Waals surface area contributed by atoms with Gasteiger partial charge < -0.3 is 10.0 Å². The third-order valence-electron chi connectivity index (χ3n) is 5.65. The second kappa shape index (κ2) is 7.78. The van der Waals surface area contributed by atoms with Gasteiger partial charge in [0.25, 0.3) is 0 Å². The molecule has 3 rings (SSSR count). The lowest BCUT2D eigenvalue weighted by molar-refractivity contribution is -0.138. The SMILES string of the molecule is O=C(O)CC(c1ccccc1)C1CCN(C(=O)C2CCCS2(=O)=O)CC1. The molecule has 2 aliphatic rings. The van der Waals surface area contributed by atoms with Crippen molar-refractivity contribution in [3.05, 3.63) is 35.9 Å². The third kappa shape index (κ3) is 4.09. The first-order chi connectivity index (χ1) is 12.4. The first-order valence-corrected chi connectivity index (χ1v) is 10.9. The molecule has 1 aromatic rings. The maximum absolute atomic E-state index is 12.6. The number of carbonyl (C=O) groups excluding carboxylic acids is 1. The van der Waals surface area contributed by atoms with Crippen molar-refractivity contribution < 1.29 is 23.1 Å². The molecule has 0 saturated carbocycles. The first kappa shape index (κ1) is 18.9. The number of rotatable bonds is 5. The van der Waals surface area contributed by atoms with Crippen LogP contribution in [0, 0.1) is 5.92 Å². The summed E-state index contributed by atoms with van der Waals surface area (Å²) in [6, 6.07) is 9.64. The van der Waals surface area contributed by atoms with Crippen molar-refractivity contribution in [3.8, 4) is 0 Å². The molecule has 26 heavy (non-hydrogen) atoms. The molecule has 1 amide bonds. The van der Waals surface area contributed by atoms with Gasteiger partial charge in [0.15, 0.2) is 9.84 Å². The molecule has 142 valence electrons. The van der Waals surface area contributed by atoms with Crippen LogP contribution in [0.1, 0.15) is 43.6 Å². The van der Waals surface area contributed by atoms with Crippen LogP contribution in [0.2, 0.25) is 0 Å². The Morgan fingerprint density at radius 2 is 1.77 bits per heavy atom. The Hall–Kier alpha value is -1.89. The minimum Gasteiger partial charge on any atom is -0.481 e. The Bertz CT molecular complexity index is 753. The van der Waals surface area contributed by atoms with Gasteiger partial charge in [0.05, 0.1) is 12.2 Å². The van der Waals surface area contributed by atoms with Gasteiger partial charge in [-0.15, -0.1) is 0 Å². The number of carboxylic acid groups (broad SMARTS) is 1. The minimum atomic E-state index is -3.29. The van der Waals surface area contributed by atoms with Gasteiger partial charge in [-0.25, -0.2) is 8.42 Å². The second-order valence-electron chi connectivity index (χ2n) is 7.28. The normalized spacial score (nSPS) is 24.3. The lowest BCUT2D eigenvalue weighted by Gasteiger charge is -2.36. The fraction of sp³-hybridized carbons (Fsp3) is 0.579. The second-order valence-corrected chi connectivity index (χ2v) is 9.58. The van der Waals surface area contributed by atoms with E-state index in [-0.39, 0.29) is 29.9 Å². The number of amides is 1. The summed E-state index contributed by atoms with van der Waals surface area (Å²) in [5, 5.41) is 8.41. The van der Waals surface area contributed by atoms with E-state index in [1.165, 1.54) is 0 Å². The molecule has 7 heteroatoms. The van der Waals surface area contributed by atoms with E-state index in [0.29, 0.717) is 38.8 Å². The number of benzene rings is 1. The Kier molecular flexibility index (Phi) is 5.65. The van der Waals surface area contributed by atoms with Crippen LogP contribution in [-0.4, -0.2) is 54.4 Å². The van der Waals surface area contributed by atoms with Gasteiger partial charge in [-0.1, -0.05) is 30.3 Å². The number of sulfone groups is 1. The van der Waals surface area contributed by atoms with Crippen molar-refractivity contribution >= 4 is 21.7 Å². The van der Waals surface area contributed by atoms with E-state index in [9.17, 15) is 23.1 Å². The number of hydrogen-bond acceptors (Lipinski definition) is 4. The van der Waals surface area contributed by atoms with Crippen molar-refractivity contribution in [1.82, 2.24) is 4.90 Å². The summed E-state index contributed by atoms with van der Waals surface area (Å²) in [4.78, 5) is 25.6. The van der Waals surface area contributed by atoms with Gasteiger partial charge in [0, 0.05) is 13.1 Å². The van der Waals surface area contributed by atoms with E-state index in [2.05, 4.69) is 0 Å². The maximum Gasteiger partial charge on any atom is 0.303 e. The van der Waals surface area contributed by atoms with Gasteiger partial charge in [-0.3, -0.25) is 9.59 Å². The van der Waals surface area contributed by atoms with Gasteiger partial charge in [-0.05, 0) is 43.1 Å². The smallest absolute Gasteiger partial charge is 0.303 e. The van der Waals surface area contributed by atoms with Crippen molar-refractivity contribution in [2.75, 3.05) is 18.8 Å². The van der Waals surface area contributed by atoms with E-state index in [1.54, 1.807) is 4.90 Å². The lowest BCUT2D eigenvalue weighted by atomic mass is 9.78. The molecular formula is C19H25NO5S. The zero-order chi connectivity index (χ0) is 18.7. The summed E-state index contributed by atoms with van der Waals surface area (Å²) in [6.07, 6.45) is 2.45. The zero-order valence-corrected chi connectivity index (χ0v) is 15.5. The number of carbonyl (C=O) groups is 2. The van der Waals surface area contributed by atoms with Crippen LogP contribution in [-0.2, 0) is 19.4 Å². The molecular weight excluding hydrogens is 354 g/mol. The quantitative estimate of drug-likeness (QED) is 0.845. The highest BCUT2D eigenvalue weighted by Crippen LogP contribution is 2.36. The molecule has 0 aromatic heterocycles. The standard InChI is InChI=1S/C19H25NO5S/c21-18(22)13-16(14-5-2-1-3-6-14)15-8-10-20(11-9-15)19(23)17-7-4-12-26(17,24)25/h1-3,5-6,15-17H,4,7-13H2,(H,21,22). The number of piperidine rings is 1. The Morgan fingerprint density at radius 1 is 1.12 bits per heavy atom. The third-order valence-corrected chi connectivity index (χ3v) is 7.81. The summed E-state index contributed by atoms with van der Waals surface area (Å²) in [6.45, 7) is 0.997. The number of hydrogen-bond donors (Lipinski definition) is 1. The highest BCUT2D eigenvalue weighted by Gasteiger charge is 2.41. The molecule has 6 nitrogen and oxygen atoms in total. The molecule has 0 radical (unpaired) electrons. The fourth-order valence-electron chi connectivity index (χ4n) is 4.24. The molecule has 0 spiro atoms. The largest absolute Gasteiger partial charge is 0.481 e. The van der Waals surface area contributed by atoms with Crippen LogP contribution in [0.4, 0.5) is 0 Å². The van der Waals surface area contributed by atoms with E-state index < -0.39 is 21.1 Å². The van der Waals surface area contributed by atoms with E-state index in [1.807, 2.05) is 30.3 Å². The van der Waals surface area contributed by atoms with E-state index in [0.717, 1.165) is 5.56 Å². The summed E-state index contributed by atoms with van der Waals surface area (Å²) < 4.78 is 24.0. The van der Waals surface area contributed by atoms with Gasteiger partial charge >= 0.3 is 5.97 Å². The predicted octanol–water partition coefficient (Wildman–Crippen LogP) is 2.06. The Labute approximate surface area is 154 Å². The minimum absolute atomic E-state index is 0.0691. The van der Waals surface area contributed by atoms with Crippen molar-refractivity contribution in [3.63, 3.8) is 0 Å². The summed E-state index contributed by atoms with van der Waals surface area (Å²) in [5.74, 6) is -0.891. The average molecular weight is 379 g/mol. The molecule has 1 aromatic carbocycles. The topological polar surface area (TPSA) is 91.8 Å². The van der Waals surface area contributed by atoms with Crippen molar-refractivity contribution in [2.24, 2.45) is 5.92 Å². The van der Waals surface area contributed by atoms with Crippen LogP contribution in [0.3, 0.4) is 0 Å². The van der Waals surface area contributed by atoms with Crippen molar-refractivity contribution in [2.45, 2.75) is 43.3 Å². The highest BCUT2D eigenvalue weighted by atomic mass is 32.2. The average Bonchev–Trinajstić information content (AvgIpc) is 2.99. The molecule has 0 bridgehead atoms. The fourth-order valence-corrected chi connectivity index (χ4v) is 6.08. The van der Waals surface area contributed by atoms with Crippen LogP contribution in [0.5, 0.6) is 0 Å². The Balaban J connectivity index is 1.66. The predicted molar refractivity (Wildman–Crippen MR) is 97.5 cm³/mol. The maximum atomic E-state index is 12.6. The lowest BCUT2D eigenvalue weighted by Crippen LogP contribution is -2.46. The number of carboxylic acids is 1. The monoisotopic (exact) mass is 379 g/mol. The van der Waals surface area contributed by atoms with E-state index >= 15 is 0 Å². The van der Waals surface area contributed by atoms with Crippen LogP contribution >= 0.6 is 0 Å². The summed E-state index contributed by atoms with van der Waals surface area (Å²) in [5.41, 5.74) is 1.01. The molecule has 2 atom stereocenters. The molecule has 2 heterocycles. The highest BCUT2D eigenvalue weighted by molar-refractivity contribution is 7.93. The van der Waals surface area contributed by atoms with Crippen molar-refractivity contribution in [1.29, 1.82) is 0 Å². The first-order valence-electron chi connectivity index (χ1n) is 9.15. The molecule has 2 unspecified atom stereocenters. The Morgan fingerprint density at radius 3 is 2.31 bits per heavy atom. The van der Waals surface area contributed by atoms with Gasteiger partial charge in [0.1, 0.15) is 5.25 Å². The number of aliphatic carboxylic acids is 1. The molecule has 2 saturated heterocycles. The van der Waals surface area contributed by atoms with Crippen LogP contribution in [0.15, 0.2) is 30.3 Å². The van der Waals surface area contributed by atoms with Gasteiger partial charge in [-0.2, -0.15) is 0 Å². The molecule has 1 N–H and O–H groups in total. The molecule has 2 fully saturated rings. The zero-order valence-electron chi connectivity index (χ0n) is 14.7. The molecule has 2 aliphatic heterocycles. The van der Waals surface area contributed by atoms with Crippen LogP contribution < -0.4 is 0 Å². The van der Waals surface area contributed by atoms with Gasteiger partial charge in [0.2, 0.25) is 5.91 Å². The van der Waals surface area contributed by atoms with E-state index in [4.69, 9.17) is 0 Å². The number of nitrogens with zero attached hydrogens (tertiary/aromatic N) is 1. The summed E-state index contributed by atoms with van der Waals surface area (Å²) >= 11 is 0. The van der Waals surface area contributed by atoms with Crippen LogP contribution in [0.25, 0.3) is 0 Å². The number of likely N-dealkylation sites (tertiary alicyclic amines) is 1. The molecule has 0 aliphatic carbocycles. The summed E-state index contributed by atoms with van der Waals surface area (Å²) in [7, 11) is -3.29.